The molecule has 0 radical (unpaired) electrons. The Balaban J connectivity index is 3.10. The normalized spacial score (nSPS) is 12.8. The van der Waals surface area contributed by atoms with E-state index in [0.717, 1.165) is 51.6 Å². The molecule has 0 saturated heterocycles. The second kappa shape index (κ2) is 10.1. The van der Waals surface area contributed by atoms with Gasteiger partial charge >= 0.3 is 0 Å². The summed E-state index contributed by atoms with van der Waals surface area (Å²) in [4.78, 5) is 4.13. The highest BCUT2D eigenvalue weighted by Gasteiger charge is 2.11. The Kier molecular flexibility index (Phi) is 8.56. The van der Waals surface area contributed by atoms with Gasteiger partial charge in [-0.2, -0.15) is 0 Å². The largest absolute Gasteiger partial charge is 0.494 e. The van der Waals surface area contributed by atoms with Gasteiger partial charge in [0.2, 0.25) is 0 Å². The van der Waals surface area contributed by atoms with Gasteiger partial charge in [-0.3, -0.25) is 4.99 Å². The van der Waals surface area contributed by atoms with Gasteiger partial charge in [0.05, 0.1) is 6.61 Å². The van der Waals surface area contributed by atoms with Crippen LogP contribution in [-0.2, 0) is 6.42 Å². The van der Waals surface area contributed by atoms with Crippen molar-refractivity contribution in [1.82, 2.24) is 0 Å². The highest BCUT2D eigenvalue weighted by atomic mass is 35.5. The minimum atomic E-state index is 0.634. The molecular weight excluding hydrogens is 318 g/mol. The molecule has 0 fully saturated rings. The Morgan fingerprint density at radius 3 is 2.58 bits per heavy atom. The van der Waals surface area contributed by atoms with Crippen LogP contribution in [-0.4, -0.2) is 19.4 Å². The Labute approximate surface area is 151 Å². The van der Waals surface area contributed by atoms with Crippen LogP contribution in [0.4, 0.5) is 0 Å². The molecule has 0 heterocycles. The summed E-state index contributed by atoms with van der Waals surface area (Å²) in [5, 5.41) is 0.771. The highest BCUT2D eigenvalue weighted by molar-refractivity contribution is 6.31. The summed E-state index contributed by atoms with van der Waals surface area (Å²) in [6.45, 7) is 12.8. The van der Waals surface area contributed by atoms with E-state index in [0.29, 0.717) is 6.61 Å². The van der Waals surface area contributed by atoms with Crippen LogP contribution >= 0.6 is 11.6 Å². The van der Waals surface area contributed by atoms with Crippen LogP contribution in [0.1, 0.15) is 45.2 Å². The summed E-state index contributed by atoms with van der Waals surface area (Å²) >= 11 is 6.48. The Morgan fingerprint density at radius 1 is 1.29 bits per heavy atom. The summed E-state index contributed by atoms with van der Waals surface area (Å²) in [6, 6.07) is 4.09. The fraction of sp³-hybridized carbons (Fsp3) is 0.381. The molecule has 2 nitrogen and oxygen atoms in total. The zero-order valence-corrected chi connectivity index (χ0v) is 16.2. The number of aliphatic imine (C=N–C) groups is 1. The molecule has 0 atom stereocenters. The quantitative estimate of drug-likeness (QED) is 0.400. The molecule has 0 unspecified atom stereocenters. The molecule has 0 aromatic heterocycles. The molecule has 0 saturated carbocycles. The maximum Gasteiger partial charge on any atom is 0.124 e. The van der Waals surface area contributed by atoms with E-state index in [1.807, 2.05) is 32.1 Å². The highest BCUT2D eigenvalue weighted by Crippen LogP contribution is 2.32. The molecule has 130 valence electrons. The zero-order chi connectivity index (χ0) is 18.1. The molecule has 1 aromatic rings. The average molecular weight is 346 g/mol. The Morgan fingerprint density at radius 2 is 2.00 bits per heavy atom. The lowest BCUT2D eigenvalue weighted by molar-refractivity contribution is 0.336. The number of allylic oxidation sites excluding steroid dienone is 5. The van der Waals surface area contributed by atoms with Crippen LogP contribution in [0.15, 0.2) is 47.5 Å². The van der Waals surface area contributed by atoms with E-state index in [2.05, 4.69) is 37.6 Å². The van der Waals surface area contributed by atoms with Crippen molar-refractivity contribution in [3.8, 4) is 5.75 Å². The molecule has 1 aromatic carbocycles. The van der Waals surface area contributed by atoms with Crippen molar-refractivity contribution >= 4 is 22.9 Å². The number of hydrogen-bond donors (Lipinski definition) is 0. The summed E-state index contributed by atoms with van der Waals surface area (Å²) < 4.78 is 5.79. The van der Waals surface area contributed by atoms with Crippen molar-refractivity contribution in [2.24, 2.45) is 4.99 Å². The van der Waals surface area contributed by atoms with Gasteiger partial charge in [0, 0.05) is 23.3 Å². The predicted molar refractivity (Wildman–Crippen MR) is 108 cm³/mol. The summed E-state index contributed by atoms with van der Waals surface area (Å²) in [7, 11) is 1.77. The van der Waals surface area contributed by atoms with Crippen molar-refractivity contribution in [3.63, 3.8) is 0 Å². The molecule has 0 amide bonds. The lowest BCUT2D eigenvalue weighted by atomic mass is 10.0. The lowest BCUT2D eigenvalue weighted by Crippen LogP contribution is -1.99. The van der Waals surface area contributed by atoms with Gasteiger partial charge in [-0.1, -0.05) is 49.8 Å². The third-order valence-corrected chi connectivity index (χ3v) is 4.19. The number of hydrogen-bond acceptors (Lipinski definition) is 2. The standard InChI is InChI=1S/C21H28ClNO/c1-7-10-19-20(22)13-18(14-21(19)24-8-2)16(4)12-9-11-15(3)17(5)23-6/h9,11-14H,3,7-8,10H2,1-2,4-6H3/b11-9-,16-12+,23-17?. The SMILES string of the molecule is C=C(/C=C\C=C(/C)c1cc(Cl)c(CCC)c(OCC)c1)C(C)=NC. The minimum absolute atomic E-state index is 0.634. The topological polar surface area (TPSA) is 21.6 Å². The number of rotatable bonds is 8. The monoisotopic (exact) mass is 345 g/mol. The molecule has 0 aliphatic heterocycles. The van der Waals surface area contributed by atoms with Crippen LogP contribution in [0.3, 0.4) is 0 Å². The maximum absolute atomic E-state index is 6.48. The van der Waals surface area contributed by atoms with Crippen LogP contribution in [0.5, 0.6) is 5.75 Å². The van der Waals surface area contributed by atoms with Crippen LogP contribution in [0.25, 0.3) is 5.57 Å². The molecular formula is C21H28ClNO. The Hall–Kier alpha value is -1.80. The first-order chi connectivity index (χ1) is 11.4. The van der Waals surface area contributed by atoms with Crippen molar-refractivity contribution in [2.75, 3.05) is 13.7 Å². The first-order valence-electron chi connectivity index (χ1n) is 8.37. The molecule has 0 spiro atoms. The molecule has 1 rings (SSSR count). The lowest BCUT2D eigenvalue weighted by Gasteiger charge is -2.14. The zero-order valence-electron chi connectivity index (χ0n) is 15.4. The van der Waals surface area contributed by atoms with Crippen molar-refractivity contribution in [1.29, 1.82) is 0 Å². The van der Waals surface area contributed by atoms with Crippen molar-refractivity contribution in [3.05, 3.63) is 58.7 Å². The molecule has 3 heteroatoms. The van der Waals surface area contributed by atoms with Crippen molar-refractivity contribution in [2.45, 2.75) is 40.5 Å². The maximum atomic E-state index is 6.48. The van der Waals surface area contributed by atoms with E-state index in [4.69, 9.17) is 16.3 Å². The van der Waals surface area contributed by atoms with Gasteiger partial charge in [0.1, 0.15) is 5.75 Å². The molecule has 0 aliphatic carbocycles. The molecule has 0 bridgehead atoms. The number of benzene rings is 1. The van der Waals surface area contributed by atoms with E-state index in [-0.39, 0.29) is 0 Å². The fourth-order valence-electron chi connectivity index (χ4n) is 2.28. The Bertz CT molecular complexity index is 669. The summed E-state index contributed by atoms with van der Waals surface area (Å²) in [5.74, 6) is 0.886. The first-order valence-corrected chi connectivity index (χ1v) is 8.75. The van der Waals surface area contributed by atoms with E-state index in [1.54, 1.807) is 7.05 Å². The van der Waals surface area contributed by atoms with Gasteiger partial charge in [-0.05, 0) is 56.0 Å². The molecule has 0 N–H and O–H groups in total. The van der Waals surface area contributed by atoms with Gasteiger partial charge in [0.15, 0.2) is 0 Å². The smallest absolute Gasteiger partial charge is 0.124 e. The molecule has 24 heavy (non-hydrogen) atoms. The van der Waals surface area contributed by atoms with Gasteiger partial charge in [0.25, 0.3) is 0 Å². The van der Waals surface area contributed by atoms with Gasteiger partial charge in [-0.15, -0.1) is 0 Å². The van der Waals surface area contributed by atoms with Crippen LogP contribution < -0.4 is 4.74 Å². The second-order valence-corrected chi connectivity index (χ2v) is 6.07. The second-order valence-electron chi connectivity index (χ2n) is 5.66. The number of halogens is 1. The first kappa shape index (κ1) is 20.2. The third-order valence-electron chi connectivity index (χ3n) is 3.85. The summed E-state index contributed by atoms with van der Waals surface area (Å²) in [6.07, 6.45) is 7.96. The van der Waals surface area contributed by atoms with Crippen LogP contribution in [0.2, 0.25) is 5.02 Å². The van der Waals surface area contributed by atoms with E-state index in [9.17, 15) is 0 Å². The minimum Gasteiger partial charge on any atom is -0.494 e. The van der Waals surface area contributed by atoms with Crippen molar-refractivity contribution < 1.29 is 4.74 Å². The van der Waals surface area contributed by atoms with Gasteiger partial charge in [-0.25, -0.2) is 0 Å². The summed E-state index contributed by atoms with van der Waals surface area (Å²) in [5.41, 5.74) is 5.13. The molecule has 0 aliphatic rings. The third kappa shape index (κ3) is 5.68. The van der Waals surface area contributed by atoms with E-state index < -0.39 is 0 Å². The van der Waals surface area contributed by atoms with E-state index in [1.165, 1.54) is 0 Å². The van der Waals surface area contributed by atoms with E-state index >= 15 is 0 Å². The van der Waals surface area contributed by atoms with Gasteiger partial charge < -0.3 is 4.74 Å². The number of ether oxygens (including phenoxy) is 1. The fourth-order valence-corrected chi connectivity index (χ4v) is 2.59. The number of nitrogens with zero attached hydrogens (tertiary/aromatic N) is 1. The van der Waals surface area contributed by atoms with Crippen LogP contribution in [0, 0.1) is 0 Å². The predicted octanol–water partition coefficient (Wildman–Crippen LogP) is 6.30. The average Bonchev–Trinajstić information content (AvgIpc) is 2.56.